The fraction of sp³-hybridized carbons (Fsp3) is 0.618. The molecule has 0 aliphatic carbocycles. The van der Waals surface area contributed by atoms with E-state index in [-0.39, 0.29) is 0 Å². The van der Waals surface area contributed by atoms with Crippen LogP contribution < -0.4 is 0 Å². The molecule has 0 atom stereocenters. The van der Waals surface area contributed by atoms with Gasteiger partial charge in [-0.25, -0.2) is 0 Å². The lowest BCUT2D eigenvalue weighted by atomic mass is 9.90. The Hall–Kier alpha value is -3.67. The van der Waals surface area contributed by atoms with Crippen molar-refractivity contribution in [3.8, 4) is 46.6 Å². The Balaban J connectivity index is 2.35. The van der Waals surface area contributed by atoms with Crippen LogP contribution in [0.2, 0.25) is 39.3 Å². The summed E-state index contributed by atoms with van der Waals surface area (Å²) in [5, 5.41) is 0. The van der Waals surface area contributed by atoms with Crippen molar-refractivity contribution in [3.63, 3.8) is 0 Å². The average molecular weight is 976 g/mol. The van der Waals surface area contributed by atoms with Crippen LogP contribution >= 0.6 is 0 Å². The van der Waals surface area contributed by atoms with Gasteiger partial charge in [0.05, 0.1) is 0 Å². The maximum absolute atomic E-state index is 3.90. The molecule has 3 rings (SSSR count). The van der Waals surface area contributed by atoms with Crippen LogP contribution in [0.15, 0.2) is 36.4 Å². The Kier molecular flexibility index (Phi) is 30.0. The molecule has 0 N–H and O–H groups in total. The van der Waals surface area contributed by atoms with E-state index in [1.54, 1.807) is 0 Å². The van der Waals surface area contributed by atoms with E-state index in [1.165, 1.54) is 221 Å². The fourth-order valence-electron chi connectivity index (χ4n) is 9.24. The summed E-state index contributed by atoms with van der Waals surface area (Å²) in [6.45, 7) is 28.1. The van der Waals surface area contributed by atoms with Crippen molar-refractivity contribution in [1.29, 1.82) is 0 Å². The zero-order valence-electron chi connectivity index (χ0n) is 47.7. The molecular weight excluding hydrogens is 873 g/mol. The smallest absolute Gasteiger partial charge is 0.127 e. The van der Waals surface area contributed by atoms with Crippen LogP contribution in [0.3, 0.4) is 0 Å². The predicted molar refractivity (Wildman–Crippen MR) is 319 cm³/mol. The third-order valence-corrected chi connectivity index (χ3v) is 15.3. The predicted octanol–water partition coefficient (Wildman–Crippen LogP) is 19.7. The maximum Gasteiger partial charge on any atom is 0.129 e. The maximum atomic E-state index is 3.90. The van der Waals surface area contributed by atoms with Crippen molar-refractivity contribution in [2.75, 3.05) is 0 Å². The molecule has 2 heteroatoms. The largest absolute Gasteiger partial charge is 0.129 e. The molecule has 0 fully saturated rings. The summed E-state index contributed by atoms with van der Waals surface area (Å²) in [6.07, 6.45) is 36.3. The van der Waals surface area contributed by atoms with Gasteiger partial charge >= 0.3 is 0 Å². The van der Waals surface area contributed by atoms with E-state index in [2.05, 4.69) is 164 Å². The van der Waals surface area contributed by atoms with E-state index in [0.717, 1.165) is 38.5 Å². The molecule has 0 aromatic heterocycles. The van der Waals surface area contributed by atoms with Crippen LogP contribution in [0.4, 0.5) is 0 Å². The highest BCUT2D eigenvalue weighted by molar-refractivity contribution is 6.84. The van der Waals surface area contributed by atoms with Crippen molar-refractivity contribution in [3.05, 3.63) is 103 Å². The van der Waals surface area contributed by atoms with E-state index in [1.807, 2.05) is 0 Å². The first kappa shape index (κ1) is 60.6. The van der Waals surface area contributed by atoms with Crippen molar-refractivity contribution in [1.82, 2.24) is 0 Å². The second-order valence-electron chi connectivity index (χ2n) is 22.9. The van der Waals surface area contributed by atoms with Crippen molar-refractivity contribution < 1.29 is 0 Å². The highest BCUT2D eigenvalue weighted by Gasteiger charge is 2.15. The lowest BCUT2D eigenvalue weighted by molar-refractivity contribution is 0.662. The Morgan fingerprint density at radius 2 is 0.414 bits per heavy atom. The fourth-order valence-corrected chi connectivity index (χ4v) is 10.3. The van der Waals surface area contributed by atoms with Crippen molar-refractivity contribution in [2.45, 2.75) is 273 Å². The van der Waals surface area contributed by atoms with Gasteiger partial charge in [0, 0.05) is 33.4 Å². The van der Waals surface area contributed by atoms with Crippen molar-refractivity contribution >= 4 is 16.1 Å². The molecule has 0 saturated carbocycles. The summed E-state index contributed by atoms with van der Waals surface area (Å²) in [5.41, 5.74) is 23.2. The topological polar surface area (TPSA) is 0 Å². The Bertz CT molecular complexity index is 2080. The SMILES string of the molecule is CCCCCCc1cc(C#Cc2cc(CCCCCC)c(C#C[Si](C)(C)C)cc2CCCCCC)c(CCCCCC)cc1C#Cc1cc(CCCCCC)c(C#C[Si](C)(C)C)cc1CCCCCC. The first-order valence-corrected chi connectivity index (χ1v) is 36.3. The molecule has 382 valence electrons. The zero-order chi connectivity index (χ0) is 51.0. The number of unbranched alkanes of at least 4 members (excludes halogenated alkanes) is 18. The van der Waals surface area contributed by atoms with Crippen LogP contribution in [0.25, 0.3) is 0 Å². The molecule has 3 aromatic rings. The molecule has 70 heavy (non-hydrogen) atoms. The third-order valence-electron chi connectivity index (χ3n) is 13.6. The first-order valence-electron chi connectivity index (χ1n) is 29.3. The normalized spacial score (nSPS) is 11.3. The van der Waals surface area contributed by atoms with Crippen LogP contribution in [-0.4, -0.2) is 16.1 Å². The molecule has 0 radical (unpaired) electrons. The number of benzene rings is 3. The van der Waals surface area contributed by atoms with E-state index >= 15 is 0 Å². The standard InChI is InChI=1S/C68H102Si2/c1-13-19-25-31-37-57-51-64(44-46-66-54-62(42-36-30-24-18-6)68(48-50-70(10,11)12)56-60(66)40-34-28-22-16-4)58(38-32-26-20-14-2)52-63(57)43-45-65-53-61(41-35-29-23-17-5)67(47-49-69(7,8)9)55-59(65)39-33-27-21-15-3/h51-56H,13-42H2,1-12H3. The molecule has 0 heterocycles. The van der Waals surface area contributed by atoms with Gasteiger partial charge in [-0.2, -0.15) is 0 Å². The molecule has 0 spiro atoms. The van der Waals surface area contributed by atoms with Crippen molar-refractivity contribution in [2.24, 2.45) is 0 Å². The number of hydrogen-bond donors (Lipinski definition) is 0. The lowest BCUT2D eigenvalue weighted by Crippen LogP contribution is -2.16. The van der Waals surface area contributed by atoms with Gasteiger partial charge in [0.1, 0.15) is 16.1 Å². The van der Waals surface area contributed by atoms with E-state index in [0.29, 0.717) is 0 Å². The third kappa shape index (κ3) is 24.6. The van der Waals surface area contributed by atoms with Gasteiger partial charge in [-0.15, -0.1) is 11.1 Å². The minimum atomic E-state index is -1.54. The monoisotopic (exact) mass is 975 g/mol. The molecule has 0 unspecified atom stereocenters. The van der Waals surface area contributed by atoms with E-state index in [4.69, 9.17) is 0 Å². The zero-order valence-corrected chi connectivity index (χ0v) is 49.7. The van der Waals surface area contributed by atoms with Gasteiger partial charge in [0.15, 0.2) is 0 Å². The highest BCUT2D eigenvalue weighted by Crippen LogP contribution is 2.26. The molecular formula is C68H102Si2. The van der Waals surface area contributed by atoms with Crippen LogP contribution in [0, 0.1) is 46.6 Å². The summed E-state index contributed by atoms with van der Waals surface area (Å²) in [5.74, 6) is 23.1. The molecule has 0 saturated heterocycles. The Morgan fingerprint density at radius 3 is 0.571 bits per heavy atom. The van der Waals surface area contributed by atoms with E-state index < -0.39 is 16.1 Å². The molecule has 0 amide bonds. The summed E-state index contributed by atoms with van der Waals surface area (Å²) in [7, 11) is -3.08. The quantitative estimate of drug-likeness (QED) is 0.0355. The van der Waals surface area contributed by atoms with Gasteiger partial charge in [0.2, 0.25) is 0 Å². The Morgan fingerprint density at radius 1 is 0.243 bits per heavy atom. The number of hydrogen-bond acceptors (Lipinski definition) is 0. The summed E-state index contributed by atoms with van der Waals surface area (Å²) in [6, 6.07) is 14.8. The second kappa shape index (κ2) is 34.7. The average Bonchev–Trinajstić information content (AvgIpc) is 3.32. The van der Waals surface area contributed by atoms with Gasteiger partial charge in [-0.3, -0.25) is 0 Å². The minimum Gasteiger partial charge on any atom is -0.127 e. The second-order valence-corrected chi connectivity index (χ2v) is 32.4. The molecule has 0 bridgehead atoms. The number of rotatable bonds is 30. The molecule has 0 nitrogen and oxygen atoms in total. The van der Waals surface area contributed by atoms with E-state index in [9.17, 15) is 0 Å². The first-order chi connectivity index (χ1) is 33.7. The molecule has 0 aliphatic heterocycles. The summed E-state index contributed by atoms with van der Waals surface area (Å²) >= 11 is 0. The molecule has 0 aliphatic rings. The van der Waals surface area contributed by atoms with Gasteiger partial charge < -0.3 is 0 Å². The lowest BCUT2D eigenvalue weighted by Gasteiger charge is -2.14. The van der Waals surface area contributed by atoms with Gasteiger partial charge in [0.25, 0.3) is 0 Å². The minimum absolute atomic E-state index is 1.04. The highest BCUT2D eigenvalue weighted by atomic mass is 28.3. The molecule has 3 aromatic carbocycles. The van der Waals surface area contributed by atoms with Gasteiger partial charge in [-0.1, -0.05) is 232 Å². The van der Waals surface area contributed by atoms with Crippen LogP contribution in [0.5, 0.6) is 0 Å². The van der Waals surface area contributed by atoms with Gasteiger partial charge in [-0.05, 0) is 147 Å². The Labute approximate surface area is 437 Å². The number of aryl methyl sites for hydroxylation is 6. The van der Waals surface area contributed by atoms with Crippen LogP contribution in [-0.2, 0) is 38.5 Å². The summed E-state index contributed by atoms with van der Waals surface area (Å²) in [4.78, 5) is 0. The summed E-state index contributed by atoms with van der Waals surface area (Å²) < 4.78 is 0. The van der Waals surface area contributed by atoms with Crippen LogP contribution in [0.1, 0.15) is 262 Å².